The lowest BCUT2D eigenvalue weighted by Crippen LogP contribution is -2.25. The second kappa shape index (κ2) is 5.57. The largest absolute Gasteiger partial charge is 0.348 e. The van der Waals surface area contributed by atoms with E-state index < -0.39 is 0 Å². The fraction of sp³-hybridized carbons (Fsp3) is 0.786. The Kier molecular flexibility index (Phi) is 3.85. The average molecular weight is 265 g/mol. The monoisotopic (exact) mass is 265 g/mol. The maximum Gasteiger partial charge on any atom is 0.185 e. The Morgan fingerprint density at radius 3 is 2.67 bits per heavy atom. The molecule has 1 saturated heterocycles. The van der Waals surface area contributed by atoms with Crippen molar-refractivity contribution < 1.29 is 0 Å². The van der Waals surface area contributed by atoms with Crippen LogP contribution in [0.1, 0.15) is 49.1 Å². The van der Waals surface area contributed by atoms with Crippen LogP contribution in [0.25, 0.3) is 0 Å². The van der Waals surface area contributed by atoms with Gasteiger partial charge in [0.2, 0.25) is 0 Å². The molecule has 0 aromatic carbocycles. The molecular weight excluding hydrogens is 242 g/mol. The van der Waals surface area contributed by atoms with Crippen LogP contribution in [0.3, 0.4) is 0 Å². The van der Waals surface area contributed by atoms with Crippen molar-refractivity contribution >= 4 is 16.5 Å². The predicted molar refractivity (Wildman–Crippen MR) is 77.4 cm³/mol. The first kappa shape index (κ1) is 12.4. The normalized spacial score (nSPS) is 21.1. The smallest absolute Gasteiger partial charge is 0.185 e. The van der Waals surface area contributed by atoms with Gasteiger partial charge < -0.3 is 10.2 Å². The topological polar surface area (TPSA) is 28.2 Å². The van der Waals surface area contributed by atoms with Gasteiger partial charge in [-0.15, -0.1) is 11.3 Å². The fourth-order valence-electron chi connectivity index (χ4n) is 2.99. The van der Waals surface area contributed by atoms with E-state index in [0.29, 0.717) is 0 Å². The van der Waals surface area contributed by atoms with Crippen molar-refractivity contribution in [2.75, 3.05) is 18.0 Å². The summed E-state index contributed by atoms with van der Waals surface area (Å²) in [6.07, 6.45) is 8.17. The van der Waals surface area contributed by atoms with Gasteiger partial charge in [-0.25, -0.2) is 4.98 Å². The van der Waals surface area contributed by atoms with Crippen molar-refractivity contribution in [2.24, 2.45) is 0 Å². The molecule has 1 saturated carbocycles. The summed E-state index contributed by atoms with van der Waals surface area (Å²) in [6, 6.07) is 0.752. The van der Waals surface area contributed by atoms with Gasteiger partial charge in [-0.2, -0.15) is 0 Å². The number of hydrogen-bond acceptors (Lipinski definition) is 4. The van der Waals surface area contributed by atoms with E-state index >= 15 is 0 Å². The number of thiazole rings is 1. The summed E-state index contributed by atoms with van der Waals surface area (Å²) in [4.78, 5) is 8.62. The lowest BCUT2D eigenvalue weighted by molar-refractivity contribution is 0.526. The molecule has 0 spiro atoms. The van der Waals surface area contributed by atoms with Gasteiger partial charge in [0.1, 0.15) is 0 Å². The van der Waals surface area contributed by atoms with Crippen molar-refractivity contribution in [2.45, 2.75) is 58.0 Å². The molecule has 3 nitrogen and oxygen atoms in total. The predicted octanol–water partition coefficient (Wildman–Crippen LogP) is 3.08. The fourth-order valence-corrected chi connectivity index (χ4v) is 4.05. The van der Waals surface area contributed by atoms with Crippen LogP contribution in [0.2, 0.25) is 0 Å². The van der Waals surface area contributed by atoms with Gasteiger partial charge >= 0.3 is 0 Å². The number of hydrogen-bond donors (Lipinski definition) is 1. The van der Waals surface area contributed by atoms with E-state index in [1.54, 1.807) is 0 Å². The van der Waals surface area contributed by atoms with Crippen molar-refractivity contribution in [3.8, 4) is 0 Å². The molecule has 2 heterocycles. The first-order valence-electron chi connectivity index (χ1n) is 7.27. The number of anilines is 1. The molecule has 0 atom stereocenters. The quantitative estimate of drug-likeness (QED) is 0.907. The minimum absolute atomic E-state index is 0.752. The second-order valence-electron chi connectivity index (χ2n) is 5.56. The molecule has 0 bridgehead atoms. The molecule has 0 amide bonds. The SMILES string of the molecule is Cc1nc(N2CCCC2)sc1CNC1CCCC1. The van der Waals surface area contributed by atoms with Gasteiger partial charge in [-0.1, -0.05) is 12.8 Å². The number of nitrogens with zero attached hydrogens (tertiary/aromatic N) is 2. The van der Waals surface area contributed by atoms with E-state index in [2.05, 4.69) is 17.1 Å². The number of rotatable bonds is 4. The van der Waals surface area contributed by atoms with Crippen LogP contribution in [-0.4, -0.2) is 24.1 Å². The highest BCUT2D eigenvalue weighted by atomic mass is 32.1. The Bertz CT molecular complexity index is 390. The maximum atomic E-state index is 4.74. The Labute approximate surface area is 114 Å². The first-order valence-corrected chi connectivity index (χ1v) is 8.09. The highest BCUT2D eigenvalue weighted by molar-refractivity contribution is 7.15. The zero-order valence-electron chi connectivity index (χ0n) is 11.2. The summed E-state index contributed by atoms with van der Waals surface area (Å²) in [5.74, 6) is 0. The number of nitrogens with one attached hydrogen (secondary N) is 1. The molecular formula is C14H23N3S. The number of aryl methyl sites for hydroxylation is 1. The van der Waals surface area contributed by atoms with E-state index in [9.17, 15) is 0 Å². The Morgan fingerprint density at radius 1 is 1.22 bits per heavy atom. The van der Waals surface area contributed by atoms with Crippen LogP contribution >= 0.6 is 11.3 Å². The summed E-state index contributed by atoms with van der Waals surface area (Å²) >= 11 is 1.89. The Morgan fingerprint density at radius 2 is 1.94 bits per heavy atom. The molecule has 1 aliphatic carbocycles. The molecule has 1 aromatic heterocycles. The zero-order valence-corrected chi connectivity index (χ0v) is 12.1. The molecule has 4 heteroatoms. The molecule has 2 aliphatic rings. The first-order chi connectivity index (χ1) is 8.83. The Hall–Kier alpha value is -0.610. The molecule has 18 heavy (non-hydrogen) atoms. The summed E-state index contributed by atoms with van der Waals surface area (Å²) in [6.45, 7) is 5.56. The van der Waals surface area contributed by atoms with Crippen molar-refractivity contribution in [1.82, 2.24) is 10.3 Å². The molecule has 1 N–H and O–H groups in total. The molecule has 2 fully saturated rings. The van der Waals surface area contributed by atoms with Crippen LogP contribution in [-0.2, 0) is 6.54 Å². The van der Waals surface area contributed by atoms with Crippen LogP contribution in [0.5, 0.6) is 0 Å². The van der Waals surface area contributed by atoms with Crippen LogP contribution in [0.4, 0.5) is 5.13 Å². The Balaban J connectivity index is 1.60. The molecule has 1 aliphatic heterocycles. The summed E-state index contributed by atoms with van der Waals surface area (Å²) in [7, 11) is 0. The van der Waals surface area contributed by atoms with Gasteiger partial charge in [0.25, 0.3) is 0 Å². The van der Waals surface area contributed by atoms with Crippen molar-refractivity contribution in [3.63, 3.8) is 0 Å². The molecule has 0 radical (unpaired) electrons. The van der Waals surface area contributed by atoms with Gasteiger partial charge in [-0.05, 0) is 32.6 Å². The third-order valence-electron chi connectivity index (χ3n) is 4.16. The zero-order chi connectivity index (χ0) is 12.4. The molecule has 1 aromatic rings. The summed E-state index contributed by atoms with van der Waals surface area (Å²) < 4.78 is 0. The second-order valence-corrected chi connectivity index (χ2v) is 6.62. The van der Waals surface area contributed by atoms with Crippen LogP contribution < -0.4 is 10.2 Å². The van der Waals surface area contributed by atoms with E-state index in [0.717, 1.165) is 12.6 Å². The number of aromatic nitrogens is 1. The molecule has 3 rings (SSSR count). The van der Waals surface area contributed by atoms with Gasteiger partial charge in [0.05, 0.1) is 5.69 Å². The van der Waals surface area contributed by atoms with Crippen molar-refractivity contribution in [1.29, 1.82) is 0 Å². The van der Waals surface area contributed by atoms with Gasteiger partial charge in [0, 0.05) is 30.6 Å². The lowest BCUT2D eigenvalue weighted by Gasteiger charge is -2.12. The van der Waals surface area contributed by atoms with Crippen LogP contribution in [0.15, 0.2) is 0 Å². The average Bonchev–Trinajstić information content (AvgIpc) is 3.09. The molecule has 100 valence electrons. The van der Waals surface area contributed by atoms with Crippen molar-refractivity contribution in [3.05, 3.63) is 10.6 Å². The maximum absolute atomic E-state index is 4.74. The third-order valence-corrected chi connectivity index (χ3v) is 5.38. The van der Waals surface area contributed by atoms with E-state index in [1.165, 1.54) is 67.3 Å². The minimum Gasteiger partial charge on any atom is -0.348 e. The minimum atomic E-state index is 0.752. The lowest BCUT2D eigenvalue weighted by atomic mass is 10.2. The van der Waals surface area contributed by atoms with E-state index in [-0.39, 0.29) is 0 Å². The van der Waals surface area contributed by atoms with Gasteiger partial charge in [-0.3, -0.25) is 0 Å². The van der Waals surface area contributed by atoms with Crippen LogP contribution in [0, 0.1) is 6.92 Å². The highest BCUT2D eigenvalue weighted by Crippen LogP contribution is 2.29. The van der Waals surface area contributed by atoms with Gasteiger partial charge in [0.15, 0.2) is 5.13 Å². The third kappa shape index (κ3) is 2.69. The molecule has 0 unspecified atom stereocenters. The summed E-state index contributed by atoms with van der Waals surface area (Å²) in [5.41, 5.74) is 1.23. The highest BCUT2D eigenvalue weighted by Gasteiger charge is 2.19. The van der Waals surface area contributed by atoms with E-state index in [4.69, 9.17) is 4.98 Å². The summed E-state index contributed by atoms with van der Waals surface area (Å²) in [5, 5.41) is 4.94. The van der Waals surface area contributed by atoms with E-state index in [1.807, 2.05) is 11.3 Å². The standard InChI is InChI=1S/C14H23N3S/c1-11-13(10-15-12-6-2-3-7-12)18-14(16-11)17-8-4-5-9-17/h12,15H,2-10H2,1H3.